The van der Waals surface area contributed by atoms with Crippen molar-refractivity contribution in [3.63, 3.8) is 0 Å². The zero-order chi connectivity index (χ0) is 11.6. The van der Waals surface area contributed by atoms with Crippen LogP contribution >= 0.6 is 0 Å². The first-order valence-corrected chi connectivity index (χ1v) is 5.95. The van der Waals surface area contributed by atoms with Gasteiger partial charge in [0.15, 0.2) is 0 Å². The maximum absolute atomic E-state index is 10.6. The summed E-state index contributed by atoms with van der Waals surface area (Å²) in [5, 5.41) is 10.6. The molecule has 1 aromatic carbocycles. The van der Waals surface area contributed by atoms with Gasteiger partial charge in [-0.15, -0.1) is 0 Å². The van der Waals surface area contributed by atoms with E-state index < -0.39 is 5.60 Å². The molecule has 16 heavy (non-hydrogen) atoms. The van der Waals surface area contributed by atoms with Gasteiger partial charge in [-0.25, -0.2) is 0 Å². The van der Waals surface area contributed by atoms with E-state index >= 15 is 0 Å². The fourth-order valence-corrected chi connectivity index (χ4v) is 3.23. The standard InChI is InChI=1S/C14H18O2/c1-9-4-5-10-11(8-9)16-12-6-7-13(10,2)14(12,3)15/h4-5,8,12,15H,6-7H2,1-3H3/t12-,13-,14-/m0/s1. The van der Waals surface area contributed by atoms with Crippen LogP contribution in [0.25, 0.3) is 0 Å². The minimum absolute atomic E-state index is 0.0493. The van der Waals surface area contributed by atoms with Gasteiger partial charge in [0.05, 0.1) is 0 Å². The summed E-state index contributed by atoms with van der Waals surface area (Å²) in [6.45, 7) is 6.14. The first kappa shape index (κ1) is 10.2. The predicted molar refractivity (Wildman–Crippen MR) is 62.8 cm³/mol. The molecule has 2 nitrogen and oxygen atoms in total. The lowest BCUT2D eigenvalue weighted by Gasteiger charge is -2.45. The molecule has 1 fully saturated rings. The highest BCUT2D eigenvalue weighted by Gasteiger charge is 2.59. The zero-order valence-electron chi connectivity index (χ0n) is 10.1. The number of fused-ring (bicyclic) bond motifs is 4. The van der Waals surface area contributed by atoms with Crippen LogP contribution in [0.2, 0.25) is 0 Å². The highest BCUT2D eigenvalue weighted by molar-refractivity contribution is 5.48. The van der Waals surface area contributed by atoms with E-state index in [2.05, 4.69) is 32.0 Å². The number of aryl methyl sites for hydroxylation is 1. The molecule has 0 amide bonds. The molecule has 3 rings (SSSR count). The highest BCUT2D eigenvalue weighted by Crippen LogP contribution is 2.55. The van der Waals surface area contributed by atoms with Crippen molar-refractivity contribution in [1.82, 2.24) is 0 Å². The number of hydrogen-bond acceptors (Lipinski definition) is 2. The molecule has 0 aromatic heterocycles. The molecule has 1 heterocycles. The fraction of sp³-hybridized carbons (Fsp3) is 0.571. The Morgan fingerprint density at radius 1 is 1.38 bits per heavy atom. The number of benzene rings is 1. The molecule has 0 radical (unpaired) electrons. The van der Waals surface area contributed by atoms with Crippen LogP contribution in [0.4, 0.5) is 0 Å². The molecular weight excluding hydrogens is 200 g/mol. The molecule has 1 aromatic rings. The molecule has 0 unspecified atom stereocenters. The summed E-state index contributed by atoms with van der Waals surface area (Å²) < 4.78 is 5.93. The van der Waals surface area contributed by atoms with Crippen molar-refractivity contribution in [1.29, 1.82) is 0 Å². The second-order valence-corrected chi connectivity index (χ2v) is 5.62. The van der Waals surface area contributed by atoms with Crippen LogP contribution in [0.1, 0.15) is 37.8 Å². The van der Waals surface area contributed by atoms with Gasteiger partial charge in [0.2, 0.25) is 0 Å². The molecule has 1 N–H and O–H groups in total. The van der Waals surface area contributed by atoms with Gasteiger partial charge in [-0.3, -0.25) is 0 Å². The van der Waals surface area contributed by atoms with Gasteiger partial charge in [-0.05, 0) is 38.3 Å². The minimum Gasteiger partial charge on any atom is -0.487 e. The van der Waals surface area contributed by atoms with Crippen LogP contribution in [0, 0.1) is 6.92 Å². The lowest BCUT2D eigenvalue weighted by atomic mass is 9.69. The smallest absolute Gasteiger partial charge is 0.128 e. The Hall–Kier alpha value is -1.02. The molecule has 2 bridgehead atoms. The van der Waals surface area contributed by atoms with E-state index in [1.54, 1.807) is 0 Å². The average Bonchev–Trinajstić information content (AvgIpc) is 2.37. The van der Waals surface area contributed by atoms with Crippen LogP contribution < -0.4 is 4.74 Å². The molecule has 2 aliphatic rings. The average molecular weight is 218 g/mol. The lowest BCUT2D eigenvalue weighted by molar-refractivity contribution is -0.0794. The van der Waals surface area contributed by atoms with Crippen LogP contribution in [-0.2, 0) is 5.41 Å². The Kier molecular flexibility index (Phi) is 1.78. The van der Waals surface area contributed by atoms with Crippen molar-refractivity contribution in [2.24, 2.45) is 0 Å². The summed E-state index contributed by atoms with van der Waals surface area (Å²) in [6, 6.07) is 6.30. The molecular formula is C14H18O2. The van der Waals surface area contributed by atoms with Crippen molar-refractivity contribution in [2.45, 2.75) is 50.7 Å². The van der Waals surface area contributed by atoms with Gasteiger partial charge < -0.3 is 9.84 Å². The molecule has 1 aliphatic carbocycles. The van der Waals surface area contributed by atoms with Gasteiger partial charge >= 0.3 is 0 Å². The Balaban J connectivity index is 2.23. The molecule has 0 spiro atoms. The van der Waals surface area contributed by atoms with Crippen LogP contribution in [-0.4, -0.2) is 16.8 Å². The summed E-state index contributed by atoms with van der Waals surface area (Å²) in [5.41, 5.74) is 1.48. The summed E-state index contributed by atoms with van der Waals surface area (Å²) in [4.78, 5) is 0. The number of ether oxygens (including phenoxy) is 1. The number of hydrogen-bond donors (Lipinski definition) is 1. The Morgan fingerprint density at radius 3 is 2.88 bits per heavy atom. The first-order chi connectivity index (χ1) is 7.45. The predicted octanol–water partition coefficient (Wildman–Crippen LogP) is 2.56. The van der Waals surface area contributed by atoms with Crippen molar-refractivity contribution in [2.75, 3.05) is 0 Å². The molecule has 1 aliphatic heterocycles. The largest absolute Gasteiger partial charge is 0.487 e. The molecule has 2 heteroatoms. The van der Waals surface area contributed by atoms with E-state index in [4.69, 9.17) is 4.74 Å². The van der Waals surface area contributed by atoms with E-state index in [-0.39, 0.29) is 11.5 Å². The van der Waals surface area contributed by atoms with Gasteiger partial charge in [0.1, 0.15) is 17.5 Å². The fourth-order valence-electron chi connectivity index (χ4n) is 3.23. The minimum atomic E-state index is -0.741. The van der Waals surface area contributed by atoms with Crippen LogP contribution in [0.5, 0.6) is 5.75 Å². The third kappa shape index (κ3) is 1.01. The van der Waals surface area contributed by atoms with E-state index in [0.29, 0.717) is 0 Å². The van der Waals surface area contributed by atoms with Crippen molar-refractivity contribution in [3.05, 3.63) is 29.3 Å². The van der Waals surface area contributed by atoms with E-state index in [9.17, 15) is 5.11 Å². The topological polar surface area (TPSA) is 29.5 Å². The maximum atomic E-state index is 10.6. The quantitative estimate of drug-likeness (QED) is 0.725. The number of aliphatic hydroxyl groups is 1. The molecule has 0 saturated heterocycles. The summed E-state index contributed by atoms with van der Waals surface area (Å²) in [5.74, 6) is 0.969. The Labute approximate surface area is 96.2 Å². The van der Waals surface area contributed by atoms with E-state index in [1.807, 2.05) is 6.92 Å². The highest BCUT2D eigenvalue weighted by atomic mass is 16.5. The Bertz CT molecular complexity index is 450. The second kappa shape index (κ2) is 2.80. The molecule has 3 atom stereocenters. The summed E-state index contributed by atoms with van der Waals surface area (Å²) in [7, 11) is 0. The van der Waals surface area contributed by atoms with Gasteiger partial charge in [0, 0.05) is 11.0 Å². The normalized spacial score (nSPS) is 40.4. The third-order valence-corrected chi connectivity index (χ3v) is 4.65. The van der Waals surface area contributed by atoms with Crippen molar-refractivity contribution >= 4 is 0 Å². The van der Waals surface area contributed by atoms with Crippen molar-refractivity contribution < 1.29 is 9.84 Å². The monoisotopic (exact) mass is 218 g/mol. The van der Waals surface area contributed by atoms with Gasteiger partial charge in [-0.2, -0.15) is 0 Å². The van der Waals surface area contributed by atoms with E-state index in [0.717, 1.165) is 24.2 Å². The summed E-state index contributed by atoms with van der Waals surface area (Å²) in [6.07, 6.45) is 1.89. The Morgan fingerprint density at radius 2 is 2.12 bits per heavy atom. The van der Waals surface area contributed by atoms with Gasteiger partial charge in [-0.1, -0.05) is 19.1 Å². The third-order valence-electron chi connectivity index (χ3n) is 4.65. The molecule has 86 valence electrons. The van der Waals surface area contributed by atoms with Crippen LogP contribution in [0.15, 0.2) is 18.2 Å². The SMILES string of the molecule is Cc1ccc2c(c1)O[C@H]1CC[C@]2(C)[C@@]1(C)O. The second-order valence-electron chi connectivity index (χ2n) is 5.62. The maximum Gasteiger partial charge on any atom is 0.128 e. The zero-order valence-corrected chi connectivity index (χ0v) is 10.1. The lowest BCUT2D eigenvalue weighted by Crippen LogP contribution is -2.54. The van der Waals surface area contributed by atoms with E-state index in [1.165, 1.54) is 5.56 Å². The van der Waals surface area contributed by atoms with Crippen molar-refractivity contribution in [3.8, 4) is 5.75 Å². The molecule has 1 saturated carbocycles. The number of rotatable bonds is 0. The summed E-state index contributed by atoms with van der Waals surface area (Å²) >= 11 is 0. The van der Waals surface area contributed by atoms with Gasteiger partial charge in [0.25, 0.3) is 0 Å². The van der Waals surface area contributed by atoms with Crippen LogP contribution in [0.3, 0.4) is 0 Å². The first-order valence-electron chi connectivity index (χ1n) is 5.95.